The zero-order chi connectivity index (χ0) is 43.9. The van der Waals surface area contributed by atoms with E-state index in [0.717, 1.165) is 56.5 Å². The van der Waals surface area contributed by atoms with Crippen molar-refractivity contribution in [1.82, 2.24) is 19.1 Å². The average Bonchev–Trinajstić information content (AvgIpc) is 3.90. The van der Waals surface area contributed by atoms with E-state index >= 15 is 0 Å². The number of hydrogen-bond acceptors (Lipinski definition) is 3. The molecular formula is C61H43N5. The maximum atomic E-state index is 5.18. The van der Waals surface area contributed by atoms with E-state index in [1.54, 1.807) is 0 Å². The molecule has 0 aliphatic carbocycles. The van der Waals surface area contributed by atoms with Gasteiger partial charge in [-0.15, -0.1) is 0 Å². The summed E-state index contributed by atoms with van der Waals surface area (Å²) in [5.41, 5.74) is 17.4. The van der Waals surface area contributed by atoms with Gasteiger partial charge in [0.2, 0.25) is 0 Å². The van der Waals surface area contributed by atoms with Gasteiger partial charge in [-0.25, -0.2) is 9.97 Å². The third-order valence-electron chi connectivity index (χ3n) is 13.7. The van der Waals surface area contributed by atoms with Gasteiger partial charge in [0, 0.05) is 60.7 Å². The minimum atomic E-state index is -0.303. The summed E-state index contributed by atoms with van der Waals surface area (Å²) in [5.74, 6) is 0.701. The number of anilines is 3. The Kier molecular flexibility index (Phi) is 8.49. The van der Waals surface area contributed by atoms with Crippen LogP contribution in [0.1, 0.15) is 25.0 Å². The molecule has 12 aromatic rings. The first-order valence-corrected chi connectivity index (χ1v) is 22.7. The smallest absolute Gasteiger partial charge is 0.160 e. The van der Waals surface area contributed by atoms with Crippen LogP contribution in [0.5, 0.6) is 0 Å². The molecule has 0 atom stereocenters. The van der Waals surface area contributed by atoms with Crippen LogP contribution >= 0.6 is 0 Å². The van der Waals surface area contributed by atoms with Crippen molar-refractivity contribution >= 4 is 60.7 Å². The van der Waals surface area contributed by atoms with Gasteiger partial charge in [-0.2, -0.15) is 0 Å². The minimum absolute atomic E-state index is 0.303. The van der Waals surface area contributed by atoms with Crippen LogP contribution in [-0.2, 0) is 5.41 Å². The van der Waals surface area contributed by atoms with Gasteiger partial charge in [0.05, 0.1) is 44.8 Å². The summed E-state index contributed by atoms with van der Waals surface area (Å²) in [4.78, 5) is 12.7. The summed E-state index contributed by atoms with van der Waals surface area (Å²) >= 11 is 0. The van der Waals surface area contributed by atoms with Crippen molar-refractivity contribution in [3.8, 4) is 45.3 Å². The lowest BCUT2D eigenvalue weighted by atomic mass is 9.73. The normalized spacial score (nSPS) is 13.1. The van der Waals surface area contributed by atoms with Crippen molar-refractivity contribution in [1.29, 1.82) is 0 Å². The summed E-state index contributed by atoms with van der Waals surface area (Å²) in [7, 11) is 0. The Balaban J connectivity index is 1.03. The van der Waals surface area contributed by atoms with Crippen LogP contribution in [0.2, 0.25) is 0 Å². The van der Waals surface area contributed by atoms with Crippen molar-refractivity contribution in [2.75, 3.05) is 4.90 Å². The van der Waals surface area contributed by atoms with Crippen LogP contribution in [-0.4, -0.2) is 19.1 Å². The molecule has 0 saturated carbocycles. The Bertz CT molecular complexity index is 3510. The van der Waals surface area contributed by atoms with Gasteiger partial charge in [-0.3, -0.25) is 0 Å². The topological polar surface area (TPSA) is 38.9 Å². The molecule has 0 unspecified atom stereocenters. The zero-order valence-corrected chi connectivity index (χ0v) is 36.6. The molecule has 0 spiro atoms. The minimum Gasteiger partial charge on any atom is -0.310 e. The van der Waals surface area contributed by atoms with Crippen molar-refractivity contribution in [2.45, 2.75) is 19.3 Å². The van der Waals surface area contributed by atoms with Gasteiger partial charge in [-0.05, 0) is 77.9 Å². The SMILES string of the molecule is CC1(C)c2ccc(-n3c4ccccc4c4ccccc43)cc2N(c2ccc(-c3cc(-c4ccccc4)nc(-c4ccccc4)n3)cc2)c2cc(-n3c4ccccc4c4ccccc43)ccc21. The highest BCUT2D eigenvalue weighted by molar-refractivity contribution is 6.10. The molecule has 312 valence electrons. The fraction of sp³-hybridized carbons (Fsp3) is 0.0492. The lowest BCUT2D eigenvalue weighted by molar-refractivity contribution is 0.631. The first-order valence-electron chi connectivity index (χ1n) is 22.7. The van der Waals surface area contributed by atoms with Gasteiger partial charge in [0.15, 0.2) is 5.82 Å². The van der Waals surface area contributed by atoms with E-state index in [0.29, 0.717) is 5.82 Å². The molecule has 0 amide bonds. The Morgan fingerprint density at radius 3 is 1.14 bits per heavy atom. The first-order chi connectivity index (χ1) is 32.5. The summed E-state index contributed by atoms with van der Waals surface area (Å²) in [6, 6.07) is 80.8. The van der Waals surface area contributed by atoms with Crippen molar-refractivity contribution in [2.24, 2.45) is 0 Å². The zero-order valence-electron chi connectivity index (χ0n) is 36.6. The Labute approximate surface area is 383 Å². The summed E-state index contributed by atoms with van der Waals surface area (Å²) in [6.07, 6.45) is 0. The Morgan fingerprint density at radius 1 is 0.333 bits per heavy atom. The molecule has 4 heterocycles. The number of hydrogen-bond donors (Lipinski definition) is 0. The molecule has 0 fully saturated rings. The third-order valence-corrected chi connectivity index (χ3v) is 13.7. The van der Waals surface area contributed by atoms with Crippen LogP contribution in [0, 0.1) is 0 Å². The van der Waals surface area contributed by atoms with Gasteiger partial charge >= 0.3 is 0 Å². The van der Waals surface area contributed by atoms with Crippen molar-refractivity contribution in [3.05, 3.63) is 236 Å². The molecule has 3 aromatic heterocycles. The number of aromatic nitrogens is 4. The number of fused-ring (bicyclic) bond motifs is 8. The van der Waals surface area contributed by atoms with Crippen LogP contribution in [0.25, 0.3) is 88.9 Å². The first kappa shape index (κ1) is 38.0. The molecule has 13 rings (SSSR count). The van der Waals surface area contributed by atoms with Gasteiger partial charge in [-0.1, -0.05) is 172 Å². The Morgan fingerprint density at radius 2 is 0.697 bits per heavy atom. The van der Waals surface area contributed by atoms with E-state index < -0.39 is 0 Å². The monoisotopic (exact) mass is 845 g/mol. The van der Waals surface area contributed by atoms with E-state index in [1.165, 1.54) is 54.7 Å². The molecule has 1 aliphatic heterocycles. The molecule has 9 aromatic carbocycles. The summed E-state index contributed by atoms with van der Waals surface area (Å²) < 4.78 is 4.85. The number of para-hydroxylation sites is 4. The van der Waals surface area contributed by atoms with E-state index in [1.807, 2.05) is 24.3 Å². The molecule has 0 bridgehead atoms. The Hall–Kier alpha value is -8.54. The highest BCUT2D eigenvalue weighted by atomic mass is 15.2. The van der Waals surface area contributed by atoms with Crippen molar-refractivity contribution < 1.29 is 0 Å². The molecule has 0 N–H and O–H groups in total. The lowest BCUT2D eigenvalue weighted by Gasteiger charge is -2.42. The summed E-state index contributed by atoms with van der Waals surface area (Å²) in [6.45, 7) is 4.74. The fourth-order valence-corrected chi connectivity index (χ4v) is 10.5. The second-order valence-electron chi connectivity index (χ2n) is 17.8. The molecule has 0 saturated heterocycles. The highest BCUT2D eigenvalue weighted by Crippen LogP contribution is 2.53. The molecule has 5 heteroatoms. The van der Waals surface area contributed by atoms with Crippen LogP contribution < -0.4 is 4.90 Å². The number of rotatable bonds is 6. The molecule has 5 nitrogen and oxygen atoms in total. The third kappa shape index (κ3) is 5.87. The van der Waals surface area contributed by atoms with Crippen LogP contribution in [0.4, 0.5) is 17.1 Å². The highest BCUT2D eigenvalue weighted by Gasteiger charge is 2.38. The van der Waals surface area contributed by atoms with E-state index in [4.69, 9.17) is 9.97 Å². The second kappa shape index (κ2) is 14.8. The number of nitrogens with zero attached hydrogens (tertiary/aromatic N) is 5. The molecule has 0 radical (unpaired) electrons. The average molecular weight is 846 g/mol. The molecular weight excluding hydrogens is 803 g/mol. The second-order valence-corrected chi connectivity index (χ2v) is 17.8. The van der Waals surface area contributed by atoms with Crippen molar-refractivity contribution in [3.63, 3.8) is 0 Å². The van der Waals surface area contributed by atoms with E-state index in [-0.39, 0.29) is 5.41 Å². The number of benzene rings is 9. The van der Waals surface area contributed by atoms with E-state index in [9.17, 15) is 0 Å². The maximum Gasteiger partial charge on any atom is 0.160 e. The summed E-state index contributed by atoms with van der Waals surface area (Å²) in [5, 5.41) is 4.98. The fourth-order valence-electron chi connectivity index (χ4n) is 10.5. The standard InChI is InChI=1S/C61H43N5/c1-61(2)50-35-33-44(65-54-25-13-9-21-46(54)47-22-10-14-26-55(47)65)37-58(50)64(59-38-45(34-36-51(59)61)66-56-27-15-11-23-48(56)49-24-12-16-28-57(49)66)43-31-29-41(30-32-43)53-39-52(40-17-5-3-6-18-40)62-60(63-53)42-19-7-4-8-20-42/h3-39H,1-2H3. The largest absolute Gasteiger partial charge is 0.310 e. The molecule has 1 aliphatic rings. The quantitative estimate of drug-likeness (QED) is 0.167. The predicted molar refractivity (Wildman–Crippen MR) is 274 cm³/mol. The van der Waals surface area contributed by atoms with Crippen LogP contribution in [0.15, 0.2) is 224 Å². The maximum absolute atomic E-state index is 5.18. The lowest BCUT2D eigenvalue weighted by Crippen LogP contribution is -2.31. The predicted octanol–water partition coefficient (Wildman–Crippen LogP) is 15.8. The van der Waals surface area contributed by atoms with E-state index in [2.05, 4.69) is 228 Å². The van der Waals surface area contributed by atoms with Gasteiger partial charge in [0.1, 0.15) is 0 Å². The van der Waals surface area contributed by atoms with Crippen LogP contribution in [0.3, 0.4) is 0 Å². The van der Waals surface area contributed by atoms with Gasteiger partial charge in [0.25, 0.3) is 0 Å². The molecule has 66 heavy (non-hydrogen) atoms. The van der Waals surface area contributed by atoms with Gasteiger partial charge < -0.3 is 14.0 Å².